The lowest BCUT2D eigenvalue weighted by molar-refractivity contribution is -0.117. The van der Waals surface area contributed by atoms with Crippen LogP contribution in [-0.4, -0.2) is 68.6 Å². The topological polar surface area (TPSA) is 71.1 Å². The molecule has 1 fully saturated rings. The highest BCUT2D eigenvalue weighted by molar-refractivity contribution is 6.33. The van der Waals surface area contributed by atoms with Gasteiger partial charge < -0.3 is 19.7 Å². The summed E-state index contributed by atoms with van der Waals surface area (Å²) in [4.78, 5) is 28.7. The fourth-order valence-corrected chi connectivity index (χ4v) is 3.47. The number of anilines is 1. The molecule has 7 nitrogen and oxygen atoms in total. The lowest BCUT2D eigenvalue weighted by Gasteiger charge is -2.34. The second-order valence-corrected chi connectivity index (χ2v) is 7.25. The van der Waals surface area contributed by atoms with E-state index in [-0.39, 0.29) is 28.9 Å². The van der Waals surface area contributed by atoms with Crippen molar-refractivity contribution in [3.05, 3.63) is 52.8 Å². The molecular weight excluding hydrogens is 413 g/mol. The van der Waals surface area contributed by atoms with E-state index in [0.29, 0.717) is 43.4 Å². The lowest BCUT2D eigenvalue weighted by atomic mass is 10.1. The van der Waals surface area contributed by atoms with Gasteiger partial charge in [0.2, 0.25) is 5.91 Å². The van der Waals surface area contributed by atoms with E-state index in [1.165, 1.54) is 12.1 Å². The Morgan fingerprint density at radius 2 is 1.67 bits per heavy atom. The molecule has 2 amide bonds. The van der Waals surface area contributed by atoms with Gasteiger partial charge in [-0.1, -0.05) is 11.6 Å². The Morgan fingerprint density at radius 3 is 2.23 bits per heavy atom. The van der Waals surface area contributed by atoms with Crippen LogP contribution in [0.5, 0.6) is 11.5 Å². The summed E-state index contributed by atoms with van der Waals surface area (Å²) >= 11 is 5.99. The van der Waals surface area contributed by atoms with Crippen molar-refractivity contribution in [2.24, 2.45) is 0 Å². The van der Waals surface area contributed by atoms with Crippen molar-refractivity contribution in [3.63, 3.8) is 0 Å². The van der Waals surface area contributed by atoms with E-state index < -0.39 is 5.82 Å². The van der Waals surface area contributed by atoms with Crippen molar-refractivity contribution >= 4 is 29.1 Å². The molecule has 3 rings (SSSR count). The van der Waals surface area contributed by atoms with Crippen molar-refractivity contribution in [3.8, 4) is 11.5 Å². The molecule has 0 unspecified atom stereocenters. The molecule has 0 saturated carbocycles. The molecule has 1 N–H and O–H groups in total. The standard InChI is InChI=1S/C21H23ClFN3O4/c1-29-16-10-15(11-17(12-16)30-2)24-20(27)13-25-5-7-26(8-6-25)21(28)18-4-3-14(23)9-19(18)22/h3-4,9-12H,5-8,13H2,1-2H3,(H,24,27). The average Bonchev–Trinajstić information content (AvgIpc) is 2.73. The van der Waals surface area contributed by atoms with Crippen molar-refractivity contribution in [2.45, 2.75) is 0 Å². The summed E-state index contributed by atoms with van der Waals surface area (Å²) in [6.45, 7) is 2.18. The van der Waals surface area contributed by atoms with Crippen molar-refractivity contribution < 1.29 is 23.5 Å². The number of hydrogen-bond donors (Lipinski definition) is 1. The minimum Gasteiger partial charge on any atom is -0.497 e. The maximum absolute atomic E-state index is 13.2. The molecule has 2 aromatic rings. The summed E-state index contributed by atoms with van der Waals surface area (Å²) in [5.74, 6) is 0.257. The molecule has 0 spiro atoms. The van der Waals surface area contributed by atoms with Gasteiger partial charge in [-0.05, 0) is 18.2 Å². The highest BCUT2D eigenvalue weighted by Crippen LogP contribution is 2.26. The van der Waals surface area contributed by atoms with Gasteiger partial charge in [-0.3, -0.25) is 14.5 Å². The van der Waals surface area contributed by atoms with Crippen LogP contribution < -0.4 is 14.8 Å². The minimum atomic E-state index is -0.485. The van der Waals surface area contributed by atoms with Crippen LogP contribution in [0.2, 0.25) is 5.02 Å². The smallest absolute Gasteiger partial charge is 0.255 e. The fourth-order valence-electron chi connectivity index (χ4n) is 3.23. The molecule has 1 saturated heterocycles. The molecule has 0 atom stereocenters. The first kappa shape index (κ1) is 21.9. The van der Waals surface area contributed by atoms with E-state index >= 15 is 0 Å². The van der Waals surface area contributed by atoms with Gasteiger partial charge in [0.25, 0.3) is 5.91 Å². The maximum atomic E-state index is 13.2. The number of carbonyl (C=O) groups excluding carboxylic acids is 2. The van der Waals surface area contributed by atoms with Crippen LogP contribution in [0.15, 0.2) is 36.4 Å². The van der Waals surface area contributed by atoms with Gasteiger partial charge >= 0.3 is 0 Å². The highest BCUT2D eigenvalue weighted by Gasteiger charge is 2.24. The summed E-state index contributed by atoms with van der Waals surface area (Å²) < 4.78 is 23.6. The number of rotatable bonds is 6. The molecule has 160 valence electrons. The number of amides is 2. The van der Waals surface area contributed by atoms with E-state index in [9.17, 15) is 14.0 Å². The van der Waals surface area contributed by atoms with E-state index in [4.69, 9.17) is 21.1 Å². The Labute approximate surface area is 179 Å². The van der Waals surface area contributed by atoms with Crippen LogP contribution in [0.1, 0.15) is 10.4 Å². The third-order valence-corrected chi connectivity index (χ3v) is 5.14. The summed E-state index contributed by atoms with van der Waals surface area (Å²) in [7, 11) is 3.08. The monoisotopic (exact) mass is 435 g/mol. The molecule has 1 aliphatic rings. The van der Waals surface area contributed by atoms with Crippen molar-refractivity contribution in [1.29, 1.82) is 0 Å². The number of carbonyl (C=O) groups is 2. The predicted octanol–water partition coefficient (Wildman–Crippen LogP) is 2.89. The number of piperazine rings is 1. The van der Waals surface area contributed by atoms with Gasteiger partial charge in [0.15, 0.2) is 0 Å². The van der Waals surface area contributed by atoms with Gasteiger partial charge in [-0.2, -0.15) is 0 Å². The number of halogens is 2. The van der Waals surface area contributed by atoms with Gasteiger partial charge in [-0.15, -0.1) is 0 Å². The van der Waals surface area contributed by atoms with E-state index in [2.05, 4.69) is 5.32 Å². The second kappa shape index (κ2) is 9.77. The van der Waals surface area contributed by atoms with Gasteiger partial charge in [0.05, 0.1) is 31.4 Å². The van der Waals surface area contributed by atoms with E-state index in [1.807, 2.05) is 4.90 Å². The third-order valence-electron chi connectivity index (χ3n) is 4.82. The second-order valence-electron chi connectivity index (χ2n) is 6.84. The Morgan fingerprint density at radius 1 is 1.03 bits per heavy atom. The Kier molecular flexibility index (Phi) is 7.12. The molecule has 0 bridgehead atoms. The quantitative estimate of drug-likeness (QED) is 0.755. The first-order valence-electron chi connectivity index (χ1n) is 9.39. The number of nitrogens with zero attached hydrogens (tertiary/aromatic N) is 2. The zero-order valence-corrected chi connectivity index (χ0v) is 17.5. The largest absolute Gasteiger partial charge is 0.497 e. The van der Waals surface area contributed by atoms with Crippen LogP contribution >= 0.6 is 11.6 Å². The molecule has 0 aromatic heterocycles. The molecule has 30 heavy (non-hydrogen) atoms. The van der Waals surface area contributed by atoms with E-state index in [1.54, 1.807) is 37.3 Å². The van der Waals surface area contributed by atoms with Crippen LogP contribution in [0.25, 0.3) is 0 Å². The average molecular weight is 436 g/mol. The Bertz CT molecular complexity index is 910. The predicted molar refractivity (Wildman–Crippen MR) is 112 cm³/mol. The fraction of sp³-hybridized carbons (Fsp3) is 0.333. The number of nitrogens with one attached hydrogen (secondary N) is 1. The summed E-state index contributed by atoms with van der Waals surface area (Å²) in [5, 5.41) is 2.93. The Balaban J connectivity index is 1.53. The minimum absolute atomic E-state index is 0.0931. The van der Waals surface area contributed by atoms with Crippen molar-refractivity contribution in [2.75, 3.05) is 52.3 Å². The summed E-state index contributed by atoms with van der Waals surface area (Å²) in [5.41, 5.74) is 0.854. The van der Waals surface area contributed by atoms with Crippen LogP contribution in [0, 0.1) is 5.82 Å². The van der Waals surface area contributed by atoms with Gasteiger partial charge in [-0.25, -0.2) is 4.39 Å². The highest BCUT2D eigenvalue weighted by atomic mass is 35.5. The van der Waals surface area contributed by atoms with Crippen LogP contribution in [0.3, 0.4) is 0 Å². The third kappa shape index (κ3) is 5.40. The number of hydrogen-bond acceptors (Lipinski definition) is 5. The summed E-state index contributed by atoms with van der Waals surface area (Å²) in [6.07, 6.45) is 0. The first-order chi connectivity index (χ1) is 14.4. The normalized spacial score (nSPS) is 14.3. The number of ether oxygens (including phenoxy) is 2. The first-order valence-corrected chi connectivity index (χ1v) is 9.77. The molecule has 9 heteroatoms. The van der Waals surface area contributed by atoms with Crippen molar-refractivity contribution in [1.82, 2.24) is 9.80 Å². The molecule has 0 aliphatic carbocycles. The zero-order valence-electron chi connectivity index (χ0n) is 16.8. The molecule has 1 aliphatic heterocycles. The number of benzene rings is 2. The zero-order chi connectivity index (χ0) is 21.7. The van der Waals surface area contributed by atoms with Gasteiger partial charge in [0.1, 0.15) is 17.3 Å². The van der Waals surface area contributed by atoms with Crippen LogP contribution in [-0.2, 0) is 4.79 Å². The maximum Gasteiger partial charge on any atom is 0.255 e. The lowest BCUT2D eigenvalue weighted by Crippen LogP contribution is -2.50. The molecule has 1 heterocycles. The molecule has 0 radical (unpaired) electrons. The Hall–Kier alpha value is -2.84. The molecular formula is C21H23ClFN3O4. The van der Waals surface area contributed by atoms with Gasteiger partial charge in [0, 0.05) is 50.1 Å². The SMILES string of the molecule is COc1cc(NC(=O)CN2CCN(C(=O)c3ccc(F)cc3Cl)CC2)cc(OC)c1. The number of methoxy groups -OCH3 is 2. The van der Waals surface area contributed by atoms with E-state index in [0.717, 1.165) is 6.07 Å². The van der Waals surface area contributed by atoms with Crippen LogP contribution in [0.4, 0.5) is 10.1 Å². The summed E-state index contributed by atoms with van der Waals surface area (Å²) in [6, 6.07) is 8.88. The molecule has 2 aromatic carbocycles.